The molecular weight excluding hydrogens is 414 g/mol. The minimum atomic E-state index is -0.859. The molecule has 1 aliphatic heterocycles. The molecule has 4 rings (SSSR count). The van der Waals surface area contributed by atoms with Crippen LogP contribution in [0.4, 0.5) is 0 Å². The van der Waals surface area contributed by atoms with Crippen LogP contribution in [0.3, 0.4) is 0 Å². The Morgan fingerprint density at radius 1 is 1.06 bits per heavy atom. The Kier molecular flexibility index (Phi) is 6.48. The van der Waals surface area contributed by atoms with Gasteiger partial charge in [0.05, 0.1) is 39.8 Å². The summed E-state index contributed by atoms with van der Waals surface area (Å²) in [6.45, 7) is 0.262. The number of hydrogen-bond donors (Lipinski definition) is 1. The van der Waals surface area contributed by atoms with Gasteiger partial charge in [-0.05, 0) is 30.5 Å². The van der Waals surface area contributed by atoms with Crippen LogP contribution in [0.25, 0.3) is 0 Å². The maximum atomic E-state index is 13.6. The Labute approximate surface area is 186 Å². The fraction of sp³-hybridized carbons (Fsp3) is 0.545. The normalized spacial score (nSPS) is 17.5. The van der Waals surface area contributed by atoms with Crippen LogP contribution in [0.5, 0.6) is 17.2 Å². The molecule has 1 atom stereocenters. The van der Waals surface area contributed by atoms with E-state index in [1.807, 2.05) is 0 Å². The summed E-state index contributed by atoms with van der Waals surface area (Å²) in [4.78, 5) is 28.2. The summed E-state index contributed by atoms with van der Waals surface area (Å²) >= 11 is 0. The van der Waals surface area contributed by atoms with Gasteiger partial charge < -0.3 is 24.4 Å². The maximum Gasteiger partial charge on any atom is 0.247 e. The molecule has 32 heavy (non-hydrogen) atoms. The van der Waals surface area contributed by atoms with E-state index in [-0.39, 0.29) is 30.9 Å². The van der Waals surface area contributed by atoms with Gasteiger partial charge in [0.25, 0.3) is 0 Å². The number of amides is 2. The fourth-order valence-corrected chi connectivity index (χ4v) is 4.51. The molecule has 1 aliphatic carbocycles. The first-order valence-electron chi connectivity index (χ1n) is 10.8. The molecule has 1 saturated carbocycles. The molecule has 0 bridgehead atoms. The molecule has 2 amide bonds. The van der Waals surface area contributed by atoms with Gasteiger partial charge in [-0.1, -0.05) is 24.5 Å². The molecule has 0 saturated heterocycles. The highest BCUT2D eigenvalue weighted by Crippen LogP contribution is 2.41. The molecule has 2 aliphatic rings. The van der Waals surface area contributed by atoms with E-state index < -0.39 is 6.04 Å². The summed E-state index contributed by atoms with van der Waals surface area (Å²) in [5, 5.41) is 11.0. The van der Waals surface area contributed by atoms with Crippen molar-refractivity contribution in [2.45, 2.75) is 57.3 Å². The molecule has 0 spiro atoms. The summed E-state index contributed by atoms with van der Waals surface area (Å²) in [5.41, 5.74) is 1.36. The summed E-state index contributed by atoms with van der Waals surface area (Å²) in [5.74, 6) is 0.848. The number of benzene rings is 1. The van der Waals surface area contributed by atoms with Gasteiger partial charge in [-0.25, -0.2) is 4.68 Å². The molecule has 0 radical (unpaired) electrons. The largest absolute Gasteiger partial charge is 0.493 e. The molecule has 1 fully saturated rings. The van der Waals surface area contributed by atoms with Crippen LogP contribution in [0.2, 0.25) is 0 Å². The van der Waals surface area contributed by atoms with E-state index >= 15 is 0 Å². The highest BCUT2D eigenvalue weighted by Gasteiger charge is 2.37. The zero-order chi connectivity index (χ0) is 22.7. The molecule has 2 heterocycles. The highest BCUT2D eigenvalue weighted by atomic mass is 16.5. The van der Waals surface area contributed by atoms with E-state index in [1.54, 1.807) is 27.9 Å². The van der Waals surface area contributed by atoms with Crippen molar-refractivity contribution in [3.8, 4) is 17.2 Å². The Hall–Kier alpha value is -3.30. The first-order valence-corrected chi connectivity index (χ1v) is 10.8. The predicted molar refractivity (Wildman–Crippen MR) is 114 cm³/mol. The van der Waals surface area contributed by atoms with Crippen LogP contribution in [-0.2, 0) is 22.7 Å². The molecule has 1 aromatic carbocycles. The van der Waals surface area contributed by atoms with Crippen LogP contribution in [-0.4, -0.2) is 59.1 Å². The average Bonchev–Trinajstić information content (AvgIpc) is 3.26. The highest BCUT2D eigenvalue weighted by molar-refractivity contribution is 5.89. The van der Waals surface area contributed by atoms with E-state index in [9.17, 15) is 9.59 Å². The lowest BCUT2D eigenvalue weighted by Crippen LogP contribution is -2.49. The Bertz CT molecular complexity index is 960. The van der Waals surface area contributed by atoms with Gasteiger partial charge in [-0.2, -0.15) is 0 Å². The number of methoxy groups -OCH3 is 3. The number of nitrogens with one attached hydrogen (secondary N) is 1. The molecule has 2 aromatic rings. The SMILES string of the molecule is COc1cc(C(C(=O)NC2CCCCC2)N2Cc3cnnn3CC2=O)cc(OC)c1OC. The number of hydrogen-bond acceptors (Lipinski definition) is 7. The first kappa shape index (κ1) is 21.9. The molecule has 172 valence electrons. The molecular formula is C22H29N5O5. The number of carbonyl (C=O) groups is 2. The minimum absolute atomic E-state index is 0.0347. The minimum Gasteiger partial charge on any atom is -0.493 e. The number of carbonyl (C=O) groups excluding carboxylic acids is 2. The first-order chi connectivity index (χ1) is 15.5. The van der Waals surface area contributed by atoms with E-state index in [2.05, 4.69) is 15.6 Å². The second-order valence-electron chi connectivity index (χ2n) is 8.11. The molecule has 1 N–H and O–H groups in total. The van der Waals surface area contributed by atoms with Gasteiger partial charge in [-0.3, -0.25) is 9.59 Å². The molecule has 1 unspecified atom stereocenters. The van der Waals surface area contributed by atoms with E-state index in [0.29, 0.717) is 22.8 Å². The molecule has 1 aromatic heterocycles. The lowest BCUT2D eigenvalue weighted by molar-refractivity contribution is -0.144. The lowest BCUT2D eigenvalue weighted by Gasteiger charge is -2.35. The number of ether oxygens (including phenoxy) is 3. The summed E-state index contributed by atoms with van der Waals surface area (Å²) in [6.07, 6.45) is 6.87. The van der Waals surface area contributed by atoms with Crippen molar-refractivity contribution in [3.63, 3.8) is 0 Å². The smallest absolute Gasteiger partial charge is 0.247 e. The van der Waals surface area contributed by atoms with Crippen molar-refractivity contribution in [2.75, 3.05) is 21.3 Å². The Morgan fingerprint density at radius 2 is 1.75 bits per heavy atom. The predicted octanol–water partition coefficient (Wildman–Crippen LogP) is 1.84. The molecule has 10 nitrogen and oxygen atoms in total. The van der Waals surface area contributed by atoms with Gasteiger partial charge in [0.1, 0.15) is 12.6 Å². The topological polar surface area (TPSA) is 108 Å². The van der Waals surface area contributed by atoms with Gasteiger partial charge in [0.2, 0.25) is 17.6 Å². The third-order valence-corrected chi connectivity index (χ3v) is 6.15. The fourth-order valence-electron chi connectivity index (χ4n) is 4.51. The van der Waals surface area contributed by atoms with Crippen molar-refractivity contribution < 1.29 is 23.8 Å². The summed E-state index contributed by atoms with van der Waals surface area (Å²) in [6, 6.07) is 2.70. The maximum absolute atomic E-state index is 13.6. The van der Waals surface area contributed by atoms with Gasteiger partial charge in [0, 0.05) is 6.04 Å². The number of fused-ring (bicyclic) bond motifs is 1. The Balaban J connectivity index is 1.74. The number of nitrogens with zero attached hydrogens (tertiary/aromatic N) is 4. The van der Waals surface area contributed by atoms with Crippen molar-refractivity contribution in [2.24, 2.45) is 0 Å². The molecule has 10 heteroatoms. The van der Waals surface area contributed by atoms with Crippen molar-refractivity contribution >= 4 is 11.8 Å². The van der Waals surface area contributed by atoms with Crippen LogP contribution < -0.4 is 19.5 Å². The van der Waals surface area contributed by atoms with E-state index in [1.165, 1.54) is 27.8 Å². The van der Waals surface area contributed by atoms with Crippen molar-refractivity contribution in [1.29, 1.82) is 0 Å². The second-order valence-corrected chi connectivity index (χ2v) is 8.11. The van der Waals surface area contributed by atoms with Crippen LogP contribution in [0.1, 0.15) is 49.4 Å². The second kappa shape index (κ2) is 9.46. The monoisotopic (exact) mass is 443 g/mol. The standard InChI is InChI=1S/C22H29N5O5/c1-30-17-9-14(10-18(31-2)21(17)32-3)20(22(29)24-15-7-5-4-6-8-15)26-12-16-11-23-25-27(16)13-19(26)28/h9-11,15,20H,4-8,12-13H2,1-3H3,(H,24,29). The third kappa shape index (κ3) is 4.21. The summed E-state index contributed by atoms with van der Waals surface area (Å²) < 4.78 is 18.0. The zero-order valence-electron chi connectivity index (χ0n) is 18.7. The quantitative estimate of drug-likeness (QED) is 0.696. The zero-order valence-corrected chi connectivity index (χ0v) is 18.7. The summed E-state index contributed by atoms with van der Waals surface area (Å²) in [7, 11) is 4.57. The van der Waals surface area contributed by atoms with Crippen LogP contribution in [0.15, 0.2) is 18.3 Å². The average molecular weight is 444 g/mol. The van der Waals surface area contributed by atoms with Gasteiger partial charge in [-0.15, -0.1) is 5.10 Å². The van der Waals surface area contributed by atoms with E-state index in [0.717, 1.165) is 31.4 Å². The van der Waals surface area contributed by atoms with E-state index in [4.69, 9.17) is 14.2 Å². The van der Waals surface area contributed by atoms with Gasteiger partial charge in [0.15, 0.2) is 11.5 Å². The van der Waals surface area contributed by atoms with Gasteiger partial charge >= 0.3 is 0 Å². The number of aromatic nitrogens is 3. The number of rotatable bonds is 7. The third-order valence-electron chi connectivity index (χ3n) is 6.15. The lowest BCUT2D eigenvalue weighted by atomic mass is 9.94. The van der Waals surface area contributed by atoms with Crippen molar-refractivity contribution in [1.82, 2.24) is 25.2 Å². The van der Waals surface area contributed by atoms with Crippen molar-refractivity contribution in [3.05, 3.63) is 29.6 Å². The van der Waals surface area contributed by atoms with Crippen LogP contribution >= 0.6 is 0 Å². The Morgan fingerprint density at radius 3 is 2.38 bits per heavy atom. The van der Waals surface area contributed by atoms with Crippen LogP contribution in [0, 0.1) is 0 Å².